The highest BCUT2D eigenvalue weighted by atomic mass is 127. The van der Waals surface area contributed by atoms with Crippen molar-refractivity contribution in [2.75, 3.05) is 18.0 Å². The van der Waals surface area contributed by atoms with Crippen LogP contribution in [0, 0.1) is 3.70 Å². The van der Waals surface area contributed by atoms with E-state index in [4.69, 9.17) is 5.11 Å². The number of pyridine rings is 2. The molecular formula is C19H24Br2IN3O2. The first-order chi connectivity index (χ1) is 12.9. The average molecular weight is 613 g/mol. The van der Waals surface area contributed by atoms with Gasteiger partial charge in [-0.25, -0.2) is 9.97 Å². The second kappa shape index (κ2) is 12.3. The minimum Gasteiger partial charge on any atom is -0.393 e. The van der Waals surface area contributed by atoms with Crippen molar-refractivity contribution in [2.24, 2.45) is 0 Å². The van der Waals surface area contributed by atoms with E-state index in [1.54, 1.807) is 12.4 Å². The Balaban J connectivity index is 0.000000159. The highest BCUT2D eigenvalue weighted by Gasteiger charge is 2.20. The van der Waals surface area contributed by atoms with Gasteiger partial charge in [0.15, 0.2) is 0 Å². The van der Waals surface area contributed by atoms with Crippen molar-refractivity contribution >= 4 is 60.3 Å². The molecule has 1 saturated carbocycles. The van der Waals surface area contributed by atoms with E-state index in [-0.39, 0.29) is 12.2 Å². The largest absolute Gasteiger partial charge is 0.393 e. The lowest BCUT2D eigenvalue weighted by Gasteiger charge is -2.15. The van der Waals surface area contributed by atoms with Gasteiger partial charge in [0.1, 0.15) is 9.52 Å². The first-order valence-corrected chi connectivity index (χ1v) is 11.6. The van der Waals surface area contributed by atoms with Crippen molar-refractivity contribution < 1.29 is 10.2 Å². The summed E-state index contributed by atoms with van der Waals surface area (Å²) in [7, 11) is 0. The summed E-state index contributed by atoms with van der Waals surface area (Å²) < 4.78 is 3.03. The fourth-order valence-electron chi connectivity index (χ4n) is 2.77. The molecule has 0 aromatic carbocycles. The van der Waals surface area contributed by atoms with E-state index < -0.39 is 0 Å². The van der Waals surface area contributed by atoms with Gasteiger partial charge in [-0.1, -0.05) is 12.8 Å². The topological polar surface area (TPSA) is 69.5 Å². The zero-order chi connectivity index (χ0) is 19.6. The smallest absolute Gasteiger partial charge is 0.128 e. The summed E-state index contributed by atoms with van der Waals surface area (Å²) in [6.07, 6.45) is 8.82. The second-order valence-corrected chi connectivity index (χ2v) is 9.40. The van der Waals surface area contributed by atoms with Crippen LogP contribution in [0.3, 0.4) is 0 Å². The van der Waals surface area contributed by atoms with Gasteiger partial charge in [0.05, 0.1) is 12.2 Å². The van der Waals surface area contributed by atoms with Crippen LogP contribution in [0.5, 0.6) is 0 Å². The van der Waals surface area contributed by atoms with Gasteiger partial charge in [-0.05, 0) is 98.0 Å². The molecule has 8 heteroatoms. The number of aliphatic hydroxyl groups excluding tert-OH is 2. The molecule has 0 radical (unpaired) electrons. The highest BCUT2D eigenvalue weighted by Crippen LogP contribution is 2.19. The Kier molecular flexibility index (Phi) is 10.5. The predicted molar refractivity (Wildman–Crippen MR) is 124 cm³/mol. The maximum atomic E-state index is 9.34. The van der Waals surface area contributed by atoms with Crippen LogP contribution in [0.1, 0.15) is 32.1 Å². The number of nitrogens with zero attached hydrogens (tertiary/aromatic N) is 3. The number of aliphatic hydroxyl groups is 2. The first-order valence-electron chi connectivity index (χ1n) is 8.93. The Morgan fingerprint density at radius 1 is 0.889 bits per heavy atom. The molecule has 1 unspecified atom stereocenters. The van der Waals surface area contributed by atoms with Crippen molar-refractivity contribution in [1.82, 2.24) is 9.97 Å². The van der Waals surface area contributed by atoms with E-state index in [0.29, 0.717) is 6.54 Å². The summed E-state index contributed by atoms with van der Waals surface area (Å²) in [6.45, 7) is 1.60. The summed E-state index contributed by atoms with van der Waals surface area (Å²) in [6, 6.07) is 7.84. The normalized spacial score (nSPS) is 19.1. The lowest BCUT2D eigenvalue weighted by atomic mass is 10.3. The van der Waals surface area contributed by atoms with Crippen LogP contribution in [0.4, 0.5) is 5.82 Å². The lowest BCUT2D eigenvalue weighted by molar-refractivity contribution is 0.183. The van der Waals surface area contributed by atoms with Gasteiger partial charge in [0.2, 0.25) is 0 Å². The Morgan fingerprint density at radius 2 is 1.52 bits per heavy atom. The van der Waals surface area contributed by atoms with Crippen LogP contribution in [-0.4, -0.2) is 45.5 Å². The standard InChI is InChI=1S/C9H11BrN2O.C5H3BrIN.C5H10O/c10-7-1-2-9(11-5-7)12-4-3-8(13)6-12;6-4-1-2-5(7)8-3-4;6-5-3-1-2-4-5/h1-2,5,8,13H,3-4,6H2;1-3H;5-6H,1-4H2. The predicted octanol–water partition coefficient (Wildman–Crippen LogP) is 4.79. The molecular weight excluding hydrogens is 589 g/mol. The number of hydrogen-bond donors (Lipinski definition) is 2. The van der Waals surface area contributed by atoms with Crippen LogP contribution in [0.25, 0.3) is 0 Å². The molecule has 2 aromatic heterocycles. The van der Waals surface area contributed by atoms with E-state index in [2.05, 4.69) is 69.3 Å². The summed E-state index contributed by atoms with van der Waals surface area (Å²) in [5.74, 6) is 0.944. The Morgan fingerprint density at radius 3 is 1.89 bits per heavy atom. The van der Waals surface area contributed by atoms with Gasteiger partial charge in [-0.3, -0.25) is 0 Å². The summed E-state index contributed by atoms with van der Waals surface area (Å²) in [4.78, 5) is 10.4. The Bertz CT molecular complexity index is 647. The van der Waals surface area contributed by atoms with Crippen LogP contribution >= 0.6 is 54.5 Å². The summed E-state index contributed by atoms with van der Waals surface area (Å²) >= 11 is 8.78. The SMILES string of the molecule is Brc1ccc(I)nc1.OC1CCCC1.OC1CCN(c2ccc(Br)cn2)C1. The molecule has 2 N–H and O–H groups in total. The molecule has 148 valence electrons. The van der Waals surface area contributed by atoms with Gasteiger partial charge < -0.3 is 15.1 Å². The zero-order valence-corrected chi connectivity index (χ0v) is 20.3. The maximum Gasteiger partial charge on any atom is 0.128 e. The number of β-amino-alcohol motifs (C(OH)–C–C–N with tert-alkyl or cyclic N) is 1. The van der Waals surface area contributed by atoms with E-state index in [9.17, 15) is 5.11 Å². The maximum absolute atomic E-state index is 9.34. The highest BCUT2D eigenvalue weighted by molar-refractivity contribution is 14.1. The second-order valence-electron chi connectivity index (χ2n) is 6.46. The van der Waals surface area contributed by atoms with Gasteiger partial charge in [-0.2, -0.15) is 0 Å². The number of aromatic nitrogens is 2. The number of hydrogen-bond acceptors (Lipinski definition) is 5. The third-order valence-electron chi connectivity index (χ3n) is 4.22. The number of anilines is 1. The van der Waals surface area contributed by atoms with Crippen LogP contribution in [0.2, 0.25) is 0 Å². The molecule has 1 atom stereocenters. The molecule has 1 saturated heterocycles. The molecule has 2 aliphatic rings. The minimum atomic E-state index is -0.189. The van der Waals surface area contributed by atoms with Crippen molar-refractivity contribution in [2.45, 2.75) is 44.3 Å². The number of rotatable bonds is 1. The zero-order valence-electron chi connectivity index (χ0n) is 14.9. The molecule has 2 fully saturated rings. The fourth-order valence-corrected chi connectivity index (χ4v) is 3.56. The van der Waals surface area contributed by atoms with Crippen molar-refractivity contribution in [1.29, 1.82) is 0 Å². The fraction of sp³-hybridized carbons (Fsp3) is 0.474. The molecule has 2 aromatic rings. The average Bonchev–Trinajstić information content (AvgIpc) is 3.30. The molecule has 1 aliphatic heterocycles. The lowest BCUT2D eigenvalue weighted by Crippen LogP contribution is -2.21. The van der Waals surface area contributed by atoms with Gasteiger partial charge >= 0.3 is 0 Å². The number of halogens is 3. The van der Waals surface area contributed by atoms with E-state index in [1.807, 2.05) is 24.3 Å². The first kappa shape index (κ1) is 23.0. The van der Waals surface area contributed by atoms with E-state index in [1.165, 1.54) is 12.8 Å². The summed E-state index contributed by atoms with van der Waals surface area (Å²) in [5.41, 5.74) is 0. The van der Waals surface area contributed by atoms with Gasteiger partial charge in [0, 0.05) is 34.4 Å². The van der Waals surface area contributed by atoms with Gasteiger partial charge in [0.25, 0.3) is 0 Å². The molecule has 4 rings (SSSR count). The van der Waals surface area contributed by atoms with Crippen molar-refractivity contribution in [3.8, 4) is 0 Å². The Hall–Kier alpha value is -0.290. The molecule has 3 heterocycles. The van der Waals surface area contributed by atoms with E-state index >= 15 is 0 Å². The van der Waals surface area contributed by atoms with E-state index in [0.717, 1.165) is 44.3 Å². The molecule has 0 bridgehead atoms. The molecule has 0 spiro atoms. The third-order valence-corrected chi connectivity index (χ3v) is 5.79. The van der Waals surface area contributed by atoms with Gasteiger partial charge in [-0.15, -0.1) is 0 Å². The Labute approximate surface area is 191 Å². The van der Waals surface area contributed by atoms with Crippen molar-refractivity contribution in [3.63, 3.8) is 0 Å². The molecule has 1 aliphatic carbocycles. The van der Waals surface area contributed by atoms with Crippen LogP contribution in [0.15, 0.2) is 45.6 Å². The van der Waals surface area contributed by atoms with Crippen LogP contribution < -0.4 is 4.90 Å². The van der Waals surface area contributed by atoms with Crippen molar-refractivity contribution in [3.05, 3.63) is 49.3 Å². The third kappa shape index (κ3) is 9.17. The molecule has 27 heavy (non-hydrogen) atoms. The minimum absolute atomic E-state index is 0.0463. The summed E-state index contributed by atoms with van der Waals surface area (Å²) in [5, 5.41) is 18.1. The molecule has 5 nitrogen and oxygen atoms in total. The molecule has 0 amide bonds. The van der Waals surface area contributed by atoms with Crippen LogP contribution in [-0.2, 0) is 0 Å². The quantitative estimate of drug-likeness (QED) is 0.358. The monoisotopic (exact) mass is 611 g/mol.